The van der Waals surface area contributed by atoms with E-state index in [-0.39, 0.29) is 18.4 Å². The van der Waals surface area contributed by atoms with E-state index in [1.54, 1.807) is 0 Å². The molecule has 108 valence electrons. The van der Waals surface area contributed by atoms with Crippen LogP contribution >= 0.6 is 0 Å². The number of rotatable bonds is 8. The fourth-order valence-electron chi connectivity index (χ4n) is 2.20. The molecule has 2 amide bonds. The Balaban J connectivity index is 1.67. The van der Waals surface area contributed by atoms with Gasteiger partial charge in [0.25, 0.3) is 0 Å². The van der Waals surface area contributed by atoms with Crippen molar-refractivity contribution in [2.75, 3.05) is 13.1 Å². The first-order chi connectivity index (χ1) is 9.06. The quantitative estimate of drug-likeness (QED) is 0.708. The number of hydrogen-bond donors (Lipinski definition) is 2. The molecule has 1 unspecified atom stereocenters. The first kappa shape index (κ1) is 14.2. The van der Waals surface area contributed by atoms with Gasteiger partial charge in [0.15, 0.2) is 0 Å². The monoisotopic (exact) mass is 268 g/mol. The van der Waals surface area contributed by atoms with Crippen LogP contribution in [-0.4, -0.2) is 41.1 Å². The first-order valence-electron chi connectivity index (χ1n) is 7.32. The summed E-state index contributed by atoms with van der Waals surface area (Å²) in [6.07, 6.45) is 5.56. The Labute approximate surface area is 114 Å². The number of nitrogens with zero attached hydrogens (tertiary/aromatic N) is 1. The van der Waals surface area contributed by atoms with Crippen LogP contribution in [0, 0.1) is 11.8 Å². The Kier molecular flexibility index (Phi) is 4.66. The van der Waals surface area contributed by atoms with Crippen LogP contribution in [-0.2, 0) is 4.79 Å². The van der Waals surface area contributed by atoms with Gasteiger partial charge in [0, 0.05) is 25.6 Å². The molecule has 0 saturated heterocycles. The standard InChI is InChI=1S/C14H24N2O3/c1-10(2-7-13(17)18)8-15-14(19)16(12-5-6-12)9-11-3-4-11/h10-12H,2-9H2,1H3,(H,15,19)(H,17,18). The molecule has 0 spiro atoms. The zero-order valence-electron chi connectivity index (χ0n) is 11.6. The number of nitrogens with one attached hydrogen (secondary N) is 1. The van der Waals surface area contributed by atoms with Crippen LogP contribution in [0.5, 0.6) is 0 Å². The second-order valence-corrected chi connectivity index (χ2v) is 6.05. The molecular weight excluding hydrogens is 244 g/mol. The highest BCUT2D eigenvalue weighted by molar-refractivity contribution is 5.75. The average Bonchev–Trinajstić information content (AvgIpc) is 3.23. The summed E-state index contributed by atoms with van der Waals surface area (Å²) in [5, 5.41) is 11.6. The molecule has 2 aliphatic rings. The highest BCUT2D eigenvalue weighted by Crippen LogP contribution is 2.34. The lowest BCUT2D eigenvalue weighted by atomic mass is 10.1. The summed E-state index contributed by atoms with van der Waals surface area (Å²) in [5.74, 6) is 0.157. The van der Waals surface area contributed by atoms with Crippen LogP contribution in [0.15, 0.2) is 0 Å². The summed E-state index contributed by atoms with van der Waals surface area (Å²) >= 11 is 0. The van der Waals surface area contributed by atoms with Gasteiger partial charge in [-0.2, -0.15) is 0 Å². The van der Waals surface area contributed by atoms with E-state index < -0.39 is 5.97 Å². The molecule has 2 fully saturated rings. The first-order valence-corrected chi connectivity index (χ1v) is 7.32. The molecule has 2 saturated carbocycles. The van der Waals surface area contributed by atoms with E-state index in [0.29, 0.717) is 19.0 Å². The molecule has 0 bridgehead atoms. The molecule has 0 radical (unpaired) electrons. The molecule has 5 nitrogen and oxygen atoms in total. The molecule has 5 heteroatoms. The number of amides is 2. The van der Waals surface area contributed by atoms with Gasteiger partial charge in [0.1, 0.15) is 0 Å². The van der Waals surface area contributed by atoms with Crippen LogP contribution < -0.4 is 5.32 Å². The van der Waals surface area contributed by atoms with E-state index in [1.165, 1.54) is 12.8 Å². The lowest BCUT2D eigenvalue weighted by Gasteiger charge is -2.23. The molecule has 0 heterocycles. The third-order valence-corrected chi connectivity index (χ3v) is 3.85. The van der Waals surface area contributed by atoms with E-state index in [4.69, 9.17) is 5.11 Å². The second-order valence-electron chi connectivity index (χ2n) is 6.05. The van der Waals surface area contributed by atoms with Crippen molar-refractivity contribution >= 4 is 12.0 Å². The normalized spacial score (nSPS) is 19.8. The zero-order chi connectivity index (χ0) is 13.8. The number of carbonyl (C=O) groups excluding carboxylic acids is 1. The molecule has 2 N–H and O–H groups in total. The van der Waals surface area contributed by atoms with Crippen LogP contribution in [0.3, 0.4) is 0 Å². The summed E-state index contributed by atoms with van der Waals surface area (Å²) in [6, 6.07) is 0.492. The van der Waals surface area contributed by atoms with Crippen molar-refractivity contribution in [2.45, 2.75) is 51.5 Å². The van der Waals surface area contributed by atoms with Crippen molar-refractivity contribution in [1.82, 2.24) is 10.2 Å². The Morgan fingerprint density at radius 2 is 2.00 bits per heavy atom. The summed E-state index contributed by atoms with van der Waals surface area (Å²) in [6.45, 7) is 3.45. The Bertz CT molecular complexity index is 338. The van der Waals surface area contributed by atoms with Crippen LogP contribution in [0.4, 0.5) is 4.79 Å². The minimum atomic E-state index is -0.772. The number of carboxylic acids is 1. The van der Waals surface area contributed by atoms with Gasteiger partial charge in [-0.15, -0.1) is 0 Å². The average molecular weight is 268 g/mol. The molecule has 19 heavy (non-hydrogen) atoms. The molecule has 2 aliphatic carbocycles. The summed E-state index contributed by atoms with van der Waals surface area (Å²) in [7, 11) is 0. The third-order valence-electron chi connectivity index (χ3n) is 3.85. The van der Waals surface area contributed by atoms with Gasteiger partial charge in [-0.05, 0) is 43.9 Å². The van der Waals surface area contributed by atoms with Crippen molar-refractivity contribution in [3.8, 4) is 0 Å². The molecule has 0 aromatic carbocycles. The summed E-state index contributed by atoms with van der Waals surface area (Å²) in [4.78, 5) is 24.6. The van der Waals surface area contributed by atoms with Gasteiger partial charge in [-0.25, -0.2) is 4.79 Å². The smallest absolute Gasteiger partial charge is 0.317 e. The highest BCUT2D eigenvalue weighted by Gasteiger charge is 2.36. The number of carbonyl (C=O) groups is 2. The number of urea groups is 1. The van der Waals surface area contributed by atoms with E-state index in [0.717, 1.165) is 25.3 Å². The molecule has 0 aromatic rings. The second kappa shape index (κ2) is 6.26. The molecule has 1 atom stereocenters. The van der Waals surface area contributed by atoms with Crippen molar-refractivity contribution < 1.29 is 14.7 Å². The van der Waals surface area contributed by atoms with E-state index in [9.17, 15) is 9.59 Å². The summed E-state index contributed by atoms with van der Waals surface area (Å²) in [5.41, 5.74) is 0. The van der Waals surface area contributed by atoms with Gasteiger partial charge in [-0.3, -0.25) is 4.79 Å². The fraction of sp³-hybridized carbons (Fsp3) is 0.857. The van der Waals surface area contributed by atoms with Crippen molar-refractivity contribution in [2.24, 2.45) is 11.8 Å². The van der Waals surface area contributed by atoms with E-state index in [2.05, 4.69) is 5.32 Å². The number of hydrogen-bond acceptors (Lipinski definition) is 2. The molecule has 2 rings (SSSR count). The highest BCUT2D eigenvalue weighted by atomic mass is 16.4. The maximum absolute atomic E-state index is 12.1. The maximum atomic E-state index is 12.1. The zero-order valence-corrected chi connectivity index (χ0v) is 11.6. The van der Waals surface area contributed by atoms with Crippen molar-refractivity contribution in [1.29, 1.82) is 0 Å². The van der Waals surface area contributed by atoms with E-state index >= 15 is 0 Å². The van der Waals surface area contributed by atoms with Crippen molar-refractivity contribution in [3.63, 3.8) is 0 Å². The van der Waals surface area contributed by atoms with Crippen LogP contribution in [0.1, 0.15) is 45.4 Å². The van der Waals surface area contributed by atoms with Crippen LogP contribution in [0.2, 0.25) is 0 Å². The minimum Gasteiger partial charge on any atom is -0.481 e. The lowest BCUT2D eigenvalue weighted by Crippen LogP contribution is -2.43. The minimum absolute atomic E-state index is 0.0385. The van der Waals surface area contributed by atoms with Crippen LogP contribution in [0.25, 0.3) is 0 Å². The molecule has 0 aromatic heterocycles. The van der Waals surface area contributed by atoms with Gasteiger partial charge in [-0.1, -0.05) is 6.92 Å². The summed E-state index contributed by atoms with van der Waals surface area (Å²) < 4.78 is 0. The maximum Gasteiger partial charge on any atom is 0.317 e. The Morgan fingerprint density at radius 3 is 2.53 bits per heavy atom. The fourth-order valence-corrected chi connectivity index (χ4v) is 2.20. The predicted molar refractivity (Wildman–Crippen MR) is 71.9 cm³/mol. The lowest BCUT2D eigenvalue weighted by molar-refractivity contribution is -0.137. The van der Waals surface area contributed by atoms with Gasteiger partial charge < -0.3 is 15.3 Å². The Morgan fingerprint density at radius 1 is 1.32 bits per heavy atom. The van der Waals surface area contributed by atoms with Gasteiger partial charge >= 0.3 is 12.0 Å². The number of aliphatic carboxylic acids is 1. The molecular formula is C14H24N2O3. The Hall–Kier alpha value is -1.26. The topological polar surface area (TPSA) is 69.6 Å². The van der Waals surface area contributed by atoms with Crippen molar-refractivity contribution in [3.05, 3.63) is 0 Å². The number of carboxylic acid groups (broad SMARTS) is 1. The predicted octanol–water partition coefficient (Wildman–Crippen LogP) is 2.07. The largest absolute Gasteiger partial charge is 0.481 e. The van der Waals surface area contributed by atoms with Gasteiger partial charge in [0.05, 0.1) is 0 Å². The van der Waals surface area contributed by atoms with Gasteiger partial charge in [0.2, 0.25) is 0 Å². The SMILES string of the molecule is CC(CCC(=O)O)CNC(=O)N(CC1CC1)C1CC1. The molecule has 0 aliphatic heterocycles. The third kappa shape index (κ3) is 5.09. The van der Waals surface area contributed by atoms with E-state index in [1.807, 2.05) is 11.8 Å².